The van der Waals surface area contributed by atoms with Crippen molar-refractivity contribution in [2.45, 2.75) is 13.8 Å². The number of hydrogen-bond donors (Lipinski definition) is 0. The third-order valence-electron chi connectivity index (χ3n) is 3.86. The average Bonchev–Trinajstić information content (AvgIpc) is 2.50. The Morgan fingerprint density at radius 1 is 1.05 bits per heavy atom. The molecule has 1 aromatic heterocycles. The summed E-state index contributed by atoms with van der Waals surface area (Å²) < 4.78 is 0. The monoisotopic (exact) mass is 302 g/mol. The number of nitrogens with zero attached hydrogens (tertiary/aromatic N) is 4. The minimum atomic E-state index is 0.316. The highest BCUT2D eigenvalue weighted by Crippen LogP contribution is 2.22. The molecule has 1 aliphatic rings. The molecule has 2 aromatic rings. The maximum absolute atomic E-state index is 5.92. The van der Waals surface area contributed by atoms with Crippen molar-refractivity contribution in [2.75, 3.05) is 36.0 Å². The molecule has 0 N–H and O–H groups in total. The first-order chi connectivity index (χ1) is 10.1. The molecule has 1 fully saturated rings. The smallest absolute Gasteiger partial charge is 0.224 e. The summed E-state index contributed by atoms with van der Waals surface area (Å²) in [5.41, 5.74) is 3.67. The Balaban J connectivity index is 1.72. The SMILES string of the molecule is Cc1cccc(N2CCN(c3nc(Cl)ncc3C)CC2)c1. The second kappa shape index (κ2) is 5.90. The van der Waals surface area contributed by atoms with Crippen LogP contribution in [0.4, 0.5) is 11.5 Å². The zero-order valence-corrected chi connectivity index (χ0v) is 13.1. The second-order valence-electron chi connectivity index (χ2n) is 5.46. The summed E-state index contributed by atoms with van der Waals surface area (Å²) in [6.07, 6.45) is 1.79. The normalized spacial score (nSPS) is 15.4. The van der Waals surface area contributed by atoms with Crippen LogP contribution in [0, 0.1) is 13.8 Å². The van der Waals surface area contributed by atoms with Gasteiger partial charge in [0, 0.05) is 43.6 Å². The van der Waals surface area contributed by atoms with Crippen LogP contribution in [0.25, 0.3) is 0 Å². The molecule has 0 radical (unpaired) electrons. The topological polar surface area (TPSA) is 32.3 Å². The zero-order valence-electron chi connectivity index (χ0n) is 12.4. The van der Waals surface area contributed by atoms with E-state index in [-0.39, 0.29) is 0 Å². The number of rotatable bonds is 2. The molecule has 0 aliphatic carbocycles. The maximum atomic E-state index is 5.92. The van der Waals surface area contributed by atoms with Gasteiger partial charge >= 0.3 is 0 Å². The Labute approximate surface area is 130 Å². The minimum absolute atomic E-state index is 0.316. The van der Waals surface area contributed by atoms with E-state index >= 15 is 0 Å². The van der Waals surface area contributed by atoms with Gasteiger partial charge in [-0.15, -0.1) is 0 Å². The molecule has 0 atom stereocenters. The van der Waals surface area contributed by atoms with Crippen molar-refractivity contribution in [3.8, 4) is 0 Å². The molecule has 0 amide bonds. The Hall–Kier alpha value is -1.81. The van der Waals surface area contributed by atoms with E-state index in [4.69, 9.17) is 11.6 Å². The molecule has 5 heteroatoms. The van der Waals surface area contributed by atoms with E-state index < -0.39 is 0 Å². The lowest BCUT2D eigenvalue weighted by Gasteiger charge is -2.37. The number of anilines is 2. The van der Waals surface area contributed by atoms with Crippen LogP contribution in [-0.2, 0) is 0 Å². The highest BCUT2D eigenvalue weighted by Gasteiger charge is 2.20. The van der Waals surface area contributed by atoms with E-state index in [1.807, 2.05) is 6.92 Å². The van der Waals surface area contributed by atoms with Crippen LogP contribution in [-0.4, -0.2) is 36.1 Å². The summed E-state index contributed by atoms with van der Waals surface area (Å²) >= 11 is 5.92. The van der Waals surface area contributed by atoms with Crippen LogP contribution in [0.2, 0.25) is 5.28 Å². The van der Waals surface area contributed by atoms with Crippen molar-refractivity contribution in [3.63, 3.8) is 0 Å². The summed E-state index contributed by atoms with van der Waals surface area (Å²) in [6, 6.07) is 8.66. The zero-order chi connectivity index (χ0) is 14.8. The molecule has 21 heavy (non-hydrogen) atoms. The van der Waals surface area contributed by atoms with Gasteiger partial charge in [0.2, 0.25) is 5.28 Å². The predicted octanol–water partition coefficient (Wildman–Crippen LogP) is 3.07. The first-order valence-corrected chi connectivity index (χ1v) is 7.57. The minimum Gasteiger partial charge on any atom is -0.368 e. The number of halogens is 1. The summed E-state index contributed by atoms with van der Waals surface area (Å²) in [7, 11) is 0. The van der Waals surface area contributed by atoms with Crippen molar-refractivity contribution >= 4 is 23.1 Å². The van der Waals surface area contributed by atoms with Crippen molar-refractivity contribution in [1.29, 1.82) is 0 Å². The highest BCUT2D eigenvalue weighted by molar-refractivity contribution is 6.28. The van der Waals surface area contributed by atoms with Crippen molar-refractivity contribution in [3.05, 3.63) is 46.9 Å². The van der Waals surface area contributed by atoms with E-state index in [9.17, 15) is 0 Å². The molecule has 3 rings (SSSR count). The molecule has 4 nitrogen and oxygen atoms in total. The molecular formula is C16H19ClN4. The molecule has 2 heterocycles. The molecule has 0 unspecified atom stereocenters. The van der Waals surface area contributed by atoms with Crippen molar-refractivity contribution in [2.24, 2.45) is 0 Å². The number of benzene rings is 1. The van der Waals surface area contributed by atoms with Gasteiger partial charge < -0.3 is 9.80 Å². The molecule has 1 aromatic carbocycles. The van der Waals surface area contributed by atoms with Gasteiger partial charge in [-0.25, -0.2) is 9.97 Å². The summed E-state index contributed by atoms with van der Waals surface area (Å²) in [6.45, 7) is 8.03. The van der Waals surface area contributed by atoms with Crippen LogP contribution >= 0.6 is 11.6 Å². The molecule has 110 valence electrons. The van der Waals surface area contributed by atoms with E-state index in [1.165, 1.54) is 11.3 Å². The van der Waals surface area contributed by atoms with Crippen LogP contribution in [0.15, 0.2) is 30.5 Å². The van der Waals surface area contributed by atoms with E-state index in [1.54, 1.807) is 6.20 Å². The van der Waals surface area contributed by atoms with Gasteiger partial charge in [-0.1, -0.05) is 12.1 Å². The lowest BCUT2D eigenvalue weighted by atomic mass is 10.2. The van der Waals surface area contributed by atoms with Gasteiger partial charge in [0.05, 0.1) is 0 Å². The van der Waals surface area contributed by atoms with E-state index in [2.05, 4.69) is 51.0 Å². The Kier molecular flexibility index (Phi) is 3.97. The van der Waals surface area contributed by atoms with Gasteiger partial charge in [-0.2, -0.15) is 0 Å². The van der Waals surface area contributed by atoms with Crippen molar-refractivity contribution < 1.29 is 0 Å². The maximum Gasteiger partial charge on any atom is 0.224 e. The number of hydrogen-bond acceptors (Lipinski definition) is 4. The predicted molar refractivity (Wildman–Crippen MR) is 87.4 cm³/mol. The number of piperazine rings is 1. The fourth-order valence-electron chi connectivity index (χ4n) is 2.73. The fraction of sp³-hybridized carbons (Fsp3) is 0.375. The van der Waals surface area contributed by atoms with Crippen LogP contribution in [0.1, 0.15) is 11.1 Å². The molecule has 1 aliphatic heterocycles. The Morgan fingerprint density at radius 3 is 2.48 bits per heavy atom. The first-order valence-electron chi connectivity index (χ1n) is 7.19. The molecule has 0 spiro atoms. The fourth-order valence-corrected chi connectivity index (χ4v) is 2.86. The van der Waals surface area contributed by atoms with E-state index in [0.29, 0.717) is 5.28 Å². The molecule has 0 bridgehead atoms. The van der Waals surface area contributed by atoms with Crippen LogP contribution in [0.3, 0.4) is 0 Å². The van der Waals surface area contributed by atoms with Crippen LogP contribution in [0.5, 0.6) is 0 Å². The Morgan fingerprint density at radius 2 is 1.76 bits per heavy atom. The summed E-state index contributed by atoms with van der Waals surface area (Å²) in [5, 5.41) is 0.316. The van der Waals surface area contributed by atoms with E-state index in [0.717, 1.165) is 37.6 Å². The third kappa shape index (κ3) is 3.10. The molecule has 0 saturated carbocycles. The van der Waals surface area contributed by atoms with Gasteiger partial charge in [0.15, 0.2) is 0 Å². The lowest BCUT2D eigenvalue weighted by Crippen LogP contribution is -2.47. The molecule has 1 saturated heterocycles. The average molecular weight is 303 g/mol. The third-order valence-corrected chi connectivity index (χ3v) is 4.04. The lowest BCUT2D eigenvalue weighted by molar-refractivity contribution is 0.645. The highest BCUT2D eigenvalue weighted by atomic mass is 35.5. The van der Waals surface area contributed by atoms with Gasteiger partial charge in [0.1, 0.15) is 5.82 Å². The second-order valence-corrected chi connectivity index (χ2v) is 5.80. The number of aryl methyl sites for hydroxylation is 2. The standard InChI is InChI=1S/C16H19ClN4/c1-12-4-3-5-14(10-12)20-6-8-21(9-7-20)15-13(2)11-18-16(17)19-15/h3-5,10-11H,6-9H2,1-2H3. The van der Waals surface area contributed by atoms with Gasteiger partial charge in [-0.05, 0) is 43.1 Å². The Bertz CT molecular complexity index is 636. The number of aromatic nitrogens is 2. The first kappa shape index (κ1) is 14.1. The molecular weight excluding hydrogens is 284 g/mol. The van der Waals surface area contributed by atoms with Crippen LogP contribution < -0.4 is 9.80 Å². The summed E-state index contributed by atoms with van der Waals surface area (Å²) in [4.78, 5) is 13.1. The van der Waals surface area contributed by atoms with Crippen molar-refractivity contribution in [1.82, 2.24) is 9.97 Å². The largest absolute Gasteiger partial charge is 0.368 e. The van der Waals surface area contributed by atoms with Gasteiger partial charge in [-0.3, -0.25) is 0 Å². The van der Waals surface area contributed by atoms with Gasteiger partial charge in [0.25, 0.3) is 0 Å². The quantitative estimate of drug-likeness (QED) is 0.798. The summed E-state index contributed by atoms with van der Waals surface area (Å²) in [5.74, 6) is 0.957.